The lowest BCUT2D eigenvalue weighted by atomic mass is 9.87. The number of primary amides is 1. The highest BCUT2D eigenvalue weighted by molar-refractivity contribution is 5.98. The van der Waals surface area contributed by atoms with E-state index in [9.17, 15) is 9.18 Å². The molecule has 0 unspecified atom stereocenters. The van der Waals surface area contributed by atoms with E-state index in [4.69, 9.17) is 11.5 Å². The highest BCUT2D eigenvalue weighted by Crippen LogP contribution is 2.33. The Balaban J connectivity index is 1.59. The van der Waals surface area contributed by atoms with Crippen LogP contribution in [0.15, 0.2) is 48.8 Å². The van der Waals surface area contributed by atoms with Crippen LogP contribution in [0.25, 0.3) is 0 Å². The molecule has 1 aliphatic heterocycles. The third-order valence-electron chi connectivity index (χ3n) is 5.97. The molecule has 162 valence electrons. The normalized spacial score (nSPS) is 15.6. The molecule has 4 rings (SSSR count). The topological polar surface area (TPSA) is 115 Å². The van der Waals surface area contributed by atoms with Crippen molar-refractivity contribution in [3.8, 4) is 0 Å². The number of hydrogen-bond acceptors (Lipinski definition) is 6. The average molecular weight is 423 g/mol. The van der Waals surface area contributed by atoms with Crippen molar-refractivity contribution in [3.05, 3.63) is 65.9 Å². The van der Waals surface area contributed by atoms with Gasteiger partial charge in [0.1, 0.15) is 11.4 Å². The van der Waals surface area contributed by atoms with Gasteiger partial charge in [0.15, 0.2) is 5.82 Å². The van der Waals surface area contributed by atoms with Crippen molar-refractivity contribution >= 4 is 23.1 Å². The van der Waals surface area contributed by atoms with Gasteiger partial charge in [-0.1, -0.05) is 0 Å². The molecule has 3 heterocycles. The number of hydrogen-bond donors (Lipinski definition) is 3. The van der Waals surface area contributed by atoms with Crippen LogP contribution >= 0.6 is 0 Å². The summed E-state index contributed by atoms with van der Waals surface area (Å²) in [4.78, 5) is 18.7. The fourth-order valence-electron chi connectivity index (χ4n) is 4.06. The van der Waals surface area contributed by atoms with Crippen LogP contribution in [0.2, 0.25) is 0 Å². The number of rotatable bonds is 6. The molecule has 1 aromatic carbocycles. The Morgan fingerprint density at radius 1 is 1.23 bits per heavy atom. The largest absolute Gasteiger partial charge is 0.370 e. The van der Waals surface area contributed by atoms with E-state index < -0.39 is 11.4 Å². The quantitative estimate of drug-likeness (QED) is 0.561. The molecule has 5 N–H and O–H groups in total. The highest BCUT2D eigenvalue weighted by Gasteiger charge is 2.37. The zero-order valence-corrected chi connectivity index (χ0v) is 17.4. The van der Waals surface area contributed by atoms with Crippen molar-refractivity contribution in [1.29, 1.82) is 0 Å². The van der Waals surface area contributed by atoms with Gasteiger partial charge in [0.2, 0.25) is 0 Å². The van der Waals surface area contributed by atoms with E-state index in [0.29, 0.717) is 18.1 Å². The average Bonchev–Trinajstić information content (AvgIpc) is 3.21. The maximum atomic E-state index is 13.2. The van der Waals surface area contributed by atoms with E-state index in [1.165, 1.54) is 12.1 Å². The molecule has 0 aliphatic carbocycles. The molecule has 0 bridgehead atoms. The van der Waals surface area contributed by atoms with Crippen LogP contribution in [0.5, 0.6) is 0 Å². The summed E-state index contributed by atoms with van der Waals surface area (Å²) in [6.07, 6.45) is 4.96. The van der Waals surface area contributed by atoms with E-state index >= 15 is 0 Å². The van der Waals surface area contributed by atoms with Gasteiger partial charge in [0.25, 0.3) is 5.91 Å². The second-order valence-electron chi connectivity index (χ2n) is 7.86. The third-order valence-corrected chi connectivity index (χ3v) is 5.97. The number of aromatic nitrogens is 3. The van der Waals surface area contributed by atoms with Crippen LogP contribution in [0, 0.1) is 12.7 Å². The number of carbonyl (C=O) groups excluding carboxylic acids is 1. The Morgan fingerprint density at radius 2 is 1.94 bits per heavy atom. The minimum atomic E-state index is -0.591. The second-order valence-corrected chi connectivity index (χ2v) is 7.86. The minimum Gasteiger partial charge on any atom is -0.370 e. The standard InChI is InChI=1S/C22H26FN7O/c1-15-19(3-2-10-26-15)29-11-8-22(14-24,9-12-29)30-13-18(20(25)31)21(28-30)27-17-6-4-16(23)5-7-17/h2-7,10,13H,8-9,11-12,14,24H2,1H3,(H2,25,31)(H,27,28). The molecule has 3 aromatic rings. The number of halogens is 1. The van der Waals surface area contributed by atoms with E-state index in [0.717, 1.165) is 37.3 Å². The Kier molecular flexibility index (Phi) is 5.60. The zero-order valence-electron chi connectivity index (χ0n) is 17.4. The predicted molar refractivity (Wildman–Crippen MR) is 118 cm³/mol. The molecule has 8 nitrogen and oxygen atoms in total. The Morgan fingerprint density at radius 3 is 2.55 bits per heavy atom. The third kappa shape index (κ3) is 4.09. The van der Waals surface area contributed by atoms with Gasteiger partial charge in [0, 0.05) is 37.7 Å². The van der Waals surface area contributed by atoms with Gasteiger partial charge in [0.05, 0.1) is 16.9 Å². The van der Waals surface area contributed by atoms with Gasteiger partial charge >= 0.3 is 0 Å². The molecule has 1 saturated heterocycles. The number of nitrogens with one attached hydrogen (secondary N) is 1. The molecule has 0 radical (unpaired) electrons. The van der Waals surface area contributed by atoms with Crippen LogP contribution in [0.4, 0.5) is 21.6 Å². The van der Waals surface area contributed by atoms with E-state index in [1.54, 1.807) is 29.2 Å². The molecule has 0 saturated carbocycles. The smallest absolute Gasteiger partial charge is 0.254 e. The fraction of sp³-hybridized carbons (Fsp3) is 0.318. The number of piperidine rings is 1. The summed E-state index contributed by atoms with van der Waals surface area (Å²) in [5, 5.41) is 7.70. The van der Waals surface area contributed by atoms with Gasteiger partial charge in [-0.15, -0.1) is 0 Å². The van der Waals surface area contributed by atoms with Crippen molar-refractivity contribution in [2.45, 2.75) is 25.3 Å². The molecule has 1 amide bonds. The van der Waals surface area contributed by atoms with Crippen molar-refractivity contribution in [2.75, 3.05) is 29.9 Å². The Labute approximate surface area is 180 Å². The molecule has 0 atom stereocenters. The van der Waals surface area contributed by atoms with Crippen LogP contribution < -0.4 is 21.7 Å². The second kappa shape index (κ2) is 8.35. The Hall–Kier alpha value is -3.46. The first-order valence-corrected chi connectivity index (χ1v) is 10.2. The van der Waals surface area contributed by atoms with Crippen molar-refractivity contribution in [1.82, 2.24) is 14.8 Å². The summed E-state index contributed by atoms with van der Waals surface area (Å²) in [6.45, 7) is 3.95. The Bertz CT molecular complexity index is 1070. The molecule has 1 fully saturated rings. The number of amides is 1. The van der Waals surface area contributed by atoms with Crippen LogP contribution in [0.1, 0.15) is 28.9 Å². The number of nitrogens with two attached hydrogens (primary N) is 2. The lowest BCUT2D eigenvalue weighted by Crippen LogP contribution is -2.51. The van der Waals surface area contributed by atoms with Crippen LogP contribution in [-0.4, -0.2) is 40.3 Å². The molecule has 2 aromatic heterocycles. The van der Waals surface area contributed by atoms with E-state index in [-0.39, 0.29) is 11.4 Å². The van der Waals surface area contributed by atoms with E-state index in [2.05, 4.69) is 26.4 Å². The highest BCUT2D eigenvalue weighted by atomic mass is 19.1. The van der Waals surface area contributed by atoms with Gasteiger partial charge in [-0.05, 0) is 56.2 Å². The zero-order chi connectivity index (χ0) is 22.0. The maximum absolute atomic E-state index is 13.2. The fourth-order valence-corrected chi connectivity index (χ4v) is 4.06. The monoisotopic (exact) mass is 423 g/mol. The summed E-state index contributed by atoms with van der Waals surface area (Å²) >= 11 is 0. The molecular weight excluding hydrogens is 397 g/mol. The first-order valence-electron chi connectivity index (χ1n) is 10.2. The van der Waals surface area contributed by atoms with Gasteiger partial charge in [-0.3, -0.25) is 14.5 Å². The predicted octanol–water partition coefficient (Wildman–Crippen LogP) is 2.52. The van der Waals surface area contributed by atoms with Crippen molar-refractivity contribution in [3.63, 3.8) is 0 Å². The molecule has 1 aliphatic rings. The summed E-state index contributed by atoms with van der Waals surface area (Å²) in [7, 11) is 0. The first-order chi connectivity index (χ1) is 14.9. The van der Waals surface area contributed by atoms with Crippen LogP contribution in [0.3, 0.4) is 0 Å². The maximum Gasteiger partial charge on any atom is 0.254 e. The van der Waals surface area contributed by atoms with Gasteiger partial charge in [-0.25, -0.2) is 4.39 Å². The molecule has 31 heavy (non-hydrogen) atoms. The number of anilines is 3. The summed E-state index contributed by atoms with van der Waals surface area (Å²) in [5.41, 5.74) is 14.4. The number of carbonyl (C=O) groups is 1. The number of nitrogens with zero attached hydrogens (tertiary/aromatic N) is 4. The molecular formula is C22H26FN7O. The minimum absolute atomic E-state index is 0.266. The molecule has 0 spiro atoms. The summed E-state index contributed by atoms with van der Waals surface area (Å²) in [5.74, 6) is -0.604. The van der Waals surface area contributed by atoms with Crippen LogP contribution in [-0.2, 0) is 5.54 Å². The summed E-state index contributed by atoms with van der Waals surface area (Å²) in [6, 6.07) is 9.83. The number of aryl methyl sites for hydroxylation is 1. The van der Waals surface area contributed by atoms with Gasteiger partial charge in [-0.2, -0.15) is 5.10 Å². The van der Waals surface area contributed by atoms with E-state index in [1.807, 2.05) is 13.0 Å². The lowest BCUT2D eigenvalue weighted by molar-refractivity contribution is 0.100. The number of pyridine rings is 1. The lowest BCUT2D eigenvalue weighted by Gasteiger charge is -2.42. The SMILES string of the molecule is Cc1ncccc1N1CCC(CN)(n2cc(C(N)=O)c(Nc3ccc(F)cc3)n2)CC1. The van der Waals surface area contributed by atoms with Crippen molar-refractivity contribution < 1.29 is 9.18 Å². The van der Waals surface area contributed by atoms with Gasteiger partial charge < -0.3 is 21.7 Å². The first kappa shape index (κ1) is 20.8. The van der Waals surface area contributed by atoms with Crippen molar-refractivity contribution in [2.24, 2.45) is 11.5 Å². The molecule has 9 heteroatoms. The summed E-state index contributed by atoms with van der Waals surface area (Å²) < 4.78 is 15.0. The number of benzene rings is 1.